The van der Waals surface area contributed by atoms with E-state index in [9.17, 15) is 9.59 Å². The van der Waals surface area contributed by atoms with Gasteiger partial charge in [-0.1, -0.05) is 30.3 Å². The molecule has 1 heterocycles. The Morgan fingerprint density at radius 3 is 2.31 bits per heavy atom. The Morgan fingerprint density at radius 1 is 1.04 bits per heavy atom. The molecular weight excluding hydrogens is 328 g/mol. The molecule has 5 heteroatoms. The van der Waals surface area contributed by atoms with Gasteiger partial charge in [-0.25, -0.2) is 0 Å². The molecule has 1 fully saturated rings. The molecule has 1 amide bonds. The van der Waals surface area contributed by atoms with Gasteiger partial charge in [0, 0.05) is 43.7 Å². The fourth-order valence-electron chi connectivity index (χ4n) is 3.26. The monoisotopic (exact) mass is 352 g/mol. The van der Waals surface area contributed by atoms with E-state index in [1.165, 1.54) is 6.92 Å². The number of Topliss-reactive ketones (excluding diaryl/α,β-unsaturated/α-hetero) is 1. The summed E-state index contributed by atoms with van der Waals surface area (Å²) in [6, 6.07) is 17.3. The van der Waals surface area contributed by atoms with Crippen LogP contribution >= 0.6 is 0 Å². The minimum Gasteiger partial charge on any atom is -0.379 e. The number of ether oxygens (including phenoxy) is 1. The third-order valence-corrected chi connectivity index (χ3v) is 4.58. The summed E-state index contributed by atoms with van der Waals surface area (Å²) in [6.07, 6.45) is 0.420. The molecule has 0 spiro atoms. The zero-order chi connectivity index (χ0) is 18.4. The molecular formula is C21H24N2O3. The smallest absolute Gasteiger partial charge is 0.221 e. The first-order valence-corrected chi connectivity index (χ1v) is 8.91. The minimum atomic E-state index is -0.125. The van der Waals surface area contributed by atoms with Crippen molar-refractivity contribution in [2.45, 2.75) is 19.4 Å². The summed E-state index contributed by atoms with van der Waals surface area (Å²) in [6.45, 7) is 4.51. The van der Waals surface area contributed by atoms with Gasteiger partial charge in [0.1, 0.15) is 0 Å². The standard InChI is InChI=1S/C21H24N2O3/c1-16(24)22-19-9-7-18(8-10-19)21(25)15-20(17-5-3-2-4-6-17)23-11-13-26-14-12-23/h2-10,20H,11-15H2,1H3,(H,22,24)/t20-/m1/s1. The molecule has 0 bridgehead atoms. The summed E-state index contributed by atoms with van der Waals surface area (Å²) in [5, 5.41) is 2.72. The van der Waals surface area contributed by atoms with Gasteiger partial charge in [-0.15, -0.1) is 0 Å². The number of ketones is 1. The number of amides is 1. The van der Waals surface area contributed by atoms with Gasteiger partial charge in [-0.2, -0.15) is 0 Å². The quantitative estimate of drug-likeness (QED) is 0.811. The van der Waals surface area contributed by atoms with E-state index in [0.717, 1.165) is 18.7 Å². The number of morpholine rings is 1. The van der Waals surface area contributed by atoms with Crippen molar-refractivity contribution in [3.63, 3.8) is 0 Å². The van der Waals surface area contributed by atoms with E-state index in [1.807, 2.05) is 18.2 Å². The van der Waals surface area contributed by atoms with Gasteiger partial charge in [0.25, 0.3) is 0 Å². The lowest BCUT2D eigenvalue weighted by Gasteiger charge is -2.34. The molecule has 3 rings (SSSR count). The van der Waals surface area contributed by atoms with Crippen molar-refractivity contribution in [2.75, 3.05) is 31.6 Å². The Balaban J connectivity index is 1.75. The number of nitrogens with zero attached hydrogens (tertiary/aromatic N) is 1. The van der Waals surface area contributed by atoms with Crippen molar-refractivity contribution in [3.05, 3.63) is 65.7 Å². The molecule has 1 aliphatic heterocycles. The Hall–Kier alpha value is -2.50. The van der Waals surface area contributed by atoms with Crippen LogP contribution in [0, 0.1) is 0 Å². The molecule has 0 saturated carbocycles. The number of carbonyl (C=O) groups excluding carboxylic acids is 2. The summed E-state index contributed by atoms with van der Waals surface area (Å²) >= 11 is 0. The molecule has 1 aliphatic rings. The van der Waals surface area contributed by atoms with Gasteiger partial charge < -0.3 is 10.1 Å². The first-order valence-electron chi connectivity index (χ1n) is 8.91. The third kappa shape index (κ3) is 4.77. The number of anilines is 1. The number of hydrogen-bond acceptors (Lipinski definition) is 4. The van der Waals surface area contributed by atoms with E-state index in [-0.39, 0.29) is 17.7 Å². The summed E-state index contributed by atoms with van der Waals surface area (Å²) in [5.74, 6) is -0.0275. The first-order chi connectivity index (χ1) is 12.6. The van der Waals surface area contributed by atoms with Gasteiger partial charge in [-0.3, -0.25) is 14.5 Å². The Morgan fingerprint density at radius 2 is 1.69 bits per heavy atom. The van der Waals surface area contributed by atoms with Crippen LogP contribution in [0.4, 0.5) is 5.69 Å². The molecule has 0 aliphatic carbocycles. The lowest BCUT2D eigenvalue weighted by Crippen LogP contribution is -2.39. The number of carbonyl (C=O) groups is 2. The lowest BCUT2D eigenvalue weighted by molar-refractivity contribution is -0.114. The predicted molar refractivity (Wildman–Crippen MR) is 101 cm³/mol. The first kappa shape index (κ1) is 18.3. The Kier molecular flexibility index (Phi) is 6.15. The number of benzene rings is 2. The van der Waals surface area contributed by atoms with Gasteiger partial charge in [0.05, 0.1) is 13.2 Å². The van der Waals surface area contributed by atoms with E-state index in [1.54, 1.807) is 24.3 Å². The Labute approximate surface area is 154 Å². The molecule has 0 radical (unpaired) electrons. The van der Waals surface area contributed by atoms with E-state index >= 15 is 0 Å². The van der Waals surface area contributed by atoms with Crippen LogP contribution in [0.2, 0.25) is 0 Å². The van der Waals surface area contributed by atoms with Gasteiger partial charge in [-0.05, 0) is 29.8 Å². The summed E-state index contributed by atoms with van der Waals surface area (Å²) < 4.78 is 5.46. The molecule has 1 atom stereocenters. The third-order valence-electron chi connectivity index (χ3n) is 4.58. The predicted octanol–water partition coefficient (Wildman–Crippen LogP) is 3.29. The number of nitrogens with one attached hydrogen (secondary N) is 1. The largest absolute Gasteiger partial charge is 0.379 e. The maximum absolute atomic E-state index is 12.9. The van der Waals surface area contributed by atoms with Gasteiger partial charge in [0.15, 0.2) is 5.78 Å². The van der Waals surface area contributed by atoms with Crippen LogP contribution in [0.25, 0.3) is 0 Å². The minimum absolute atomic E-state index is 0.0441. The van der Waals surface area contributed by atoms with Crippen LogP contribution in [0.5, 0.6) is 0 Å². The molecule has 0 unspecified atom stereocenters. The molecule has 1 saturated heterocycles. The lowest BCUT2D eigenvalue weighted by atomic mass is 9.96. The zero-order valence-electron chi connectivity index (χ0n) is 15.0. The van der Waals surface area contributed by atoms with Crippen molar-refractivity contribution in [1.82, 2.24) is 4.90 Å². The highest BCUT2D eigenvalue weighted by molar-refractivity contribution is 5.97. The van der Waals surface area contributed by atoms with Gasteiger partial charge in [0.2, 0.25) is 5.91 Å². The highest BCUT2D eigenvalue weighted by Gasteiger charge is 2.25. The summed E-state index contributed by atoms with van der Waals surface area (Å²) in [7, 11) is 0. The number of rotatable bonds is 6. The average Bonchev–Trinajstić information content (AvgIpc) is 2.67. The summed E-state index contributed by atoms with van der Waals surface area (Å²) in [4.78, 5) is 26.3. The SMILES string of the molecule is CC(=O)Nc1ccc(C(=O)C[C@H](c2ccccc2)N2CCOCC2)cc1. The highest BCUT2D eigenvalue weighted by Crippen LogP contribution is 2.27. The van der Waals surface area contributed by atoms with Crippen LogP contribution in [0.1, 0.15) is 35.3 Å². The molecule has 0 aromatic heterocycles. The van der Waals surface area contributed by atoms with Crippen LogP contribution in [0.3, 0.4) is 0 Å². The Bertz CT molecular complexity index is 738. The maximum atomic E-state index is 12.9. The van der Waals surface area contributed by atoms with E-state index < -0.39 is 0 Å². The maximum Gasteiger partial charge on any atom is 0.221 e. The molecule has 26 heavy (non-hydrogen) atoms. The average molecular weight is 352 g/mol. The second-order valence-electron chi connectivity index (χ2n) is 6.46. The van der Waals surface area contributed by atoms with Crippen molar-refractivity contribution in [3.8, 4) is 0 Å². The van der Waals surface area contributed by atoms with Crippen LogP contribution < -0.4 is 5.32 Å². The molecule has 2 aromatic rings. The van der Waals surface area contributed by atoms with Gasteiger partial charge >= 0.3 is 0 Å². The molecule has 136 valence electrons. The molecule has 2 aromatic carbocycles. The second-order valence-corrected chi connectivity index (χ2v) is 6.46. The second kappa shape index (κ2) is 8.74. The van der Waals surface area contributed by atoms with E-state index in [2.05, 4.69) is 22.3 Å². The fraction of sp³-hybridized carbons (Fsp3) is 0.333. The molecule has 5 nitrogen and oxygen atoms in total. The van der Waals surface area contributed by atoms with Crippen LogP contribution in [-0.4, -0.2) is 42.9 Å². The van der Waals surface area contributed by atoms with Crippen molar-refractivity contribution >= 4 is 17.4 Å². The highest BCUT2D eigenvalue weighted by atomic mass is 16.5. The van der Waals surface area contributed by atoms with Crippen LogP contribution in [0.15, 0.2) is 54.6 Å². The van der Waals surface area contributed by atoms with Crippen molar-refractivity contribution in [1.29, 1.82) is 0 Å². The zero-order valence-corrected chi connectivity index (χ0v) is 15.0. The van der Waals surface area contributed by atoms with Crippen molar-refractivity contribution < 1.29 is 14.3 Å². The number of hydrogen-bond donors (Lipinski definition) is 1. The van der Waals surface area contributed by atoms with E-state index in [0.29, 0.717) is 30.9 Å². The van der Waals surface area contributed by atoms with Crippen molar-refractivity contribution in [2.24, 2.45) is 0 Å². The van der Waals surface area contributed by atoms with E-state index in [4.69, 9.17) is 4.74 Å². The topological polar surface area (TPSA) is 58.6 Å². The normalized spacial score (nSPS) is 16.0. The molecule has 1 N–H and O–H groups in total. The summed E-state index contributed by atoms with van der Waals surface area (Å²) in [5.41, 5.74) is 2.51. The van der Waals surface area contributed by atoms with Crippen LogP contribution in [-0.2, 0) is 9.53 Å². The fourth-order valence-corrected chi connectivity index (χ4v) is 3.26.